The molecule has 0 saturated heterocycles. The Hall–Kier alpha value is -3.08. The van der Waals surface area contributed by atoms with Gasteiger partial charge in [-0.3, -0.25) is 4.79 Å². The minimum Gasteiger partial charge on any atom is -0.494 e. The lowest BCUT2D eigenvalue weighted by atomic mass is 10.2. The van der Waals surface area contributed by atoms with Crippen LogP contribution in [0.25, 0.3) is 11.7 Å². The van der Waals surface area contributed by atoms with Crippen molar-refractivity contribution in [3.8, 4) is 5.75 Å². The minimum atomic E-state index is -0.110. The molecule has 0 spiro atoms. The van der Waals surface area contributed by atoms with Crippen molar-refractivity contribution < 1.29 is 9.53 Å². The Labute approximate surface area is 159 Å². The Morgan fingerprint density at radius 1 is 1.19 bits per heavy atom. The summed E-state index contributed by atoms with van der Waals surface area (Å²) in [7, 11) is 0. The summed E-state index contributed by atoms with van der Waals surface area (Å²) < 4.78 is 7.56. The summed E-state index contributed by atoms with van der Waals surface area (Å²) in [5.74, 6) is 0.738. The second-order valence-electron chi connectivity index (χ2n) is 6.50. The van der Waals surface area contributed by atoms with Gasteiger partial charge in [-0.15, -0.1) is 0 Å². The Kier molecular flexibility index (Phi) is 6.26. The maximum absolute atomic E-state index is 12.0. The predicted molar refractivity (Wildman–Crippen MR) is 108 cm³/mol. The van der Waals surface area contributed by atoms with Crippen LogP contribution < -0.4 is 10.1 Å². The summed E-state index contributed by atoms with van der Waals surface area (Å²) in [6.07, 6.45) is 9.08. The van der Waals surface area contributed by atoms with Gasteiger partial charge >= 0.3 is 0 Å². The van der Waals surface area contributed by atoms with E-state index in [1.807, 2.05) is 53.2 Å². The molecule has 0 aliphatic heterocycles. The van der Waals surface area contributed by atoms with E-state index in [0.717, 1.165) is 29.1 Å². The van der Waals surface area contributed by atoms with E-state index in [1.165, 1.54) is 5.56 Å². The molecular formula is C22H25N3O2. The standard InChI is InChI=1S/C22H25N3O2/c1-3-14-27-20-8-5-18(6-9-20)7-11-22(26)23-13-12-19-16-25-15-17(2)4-10-21(25)24-19/h4-11,15-16H,3,12-14H2,1-2H3,(H,23,26)/b11-7+. The number of rotatable bonds is 8. The molecule has 2 heterocycles. The average Bonchev–Trinajstić information content (AvgIpc) is 3.07. The molecule has 0 fully saturated rings. The largest absolute Gasteiger partial charge is 0.494 e. The van der Waals surface area contributed by atoms with Gasteiger partial charge in [0.05, 0.1) is 12.3 Å². The maximum atomic E-state index is 12.0. The second-order valence-corrected chi connectivity index (χ2v) is 6.50. The van der Waals surface area contributed by atoms with Crippen molar-refractivity contribution in [1.29, 1.82) is 0 Å². The fraction of sp³-hybridized carbons (Fsp3) is 0.273. The highest BCUT2D eigenvalue weighted by atomic mass is 16.5. The highest BCUT2D eigenvalue weighted by molar-refractivity contribution is 5.91. The molecule has 3 aromatic rings. The number of nitrogens with zero attached hydrogens (tertiary/aromatic N) is 2. The number of hydrogen-bond donors (Lipinski definition) is 1. The first-order valence-electron chi connectivity index (χ1n) is 9.27. The summed E-state index contributed by atoms with van der Waals surface area (Å²) in [5, 5.41) is 2.90. The van der Waals surface area contributed by atoms with E-state index in [9.17, 15) is 4.79 Å². The number of imidazole rings is 1. The van der Waals surface area contributed by atoms with Gasteiger partial charge in [0.2, 0.25) is 5.91 Å². The summed E-state index contributed by atoms with van der Waals surface area (Å²) in [6, 6.07) is 11.7. The molecule has 1 aromatic carbocycles. The third-order valence-electron chi connectivity index (χ3n) is 4.11. The molecule has 1 N–H and O–H groups in total. The quantitative estimate of drug-likeness (QED) is 0.619. The zero-order chi connectivity index (χ0) is 19.1. The fourth-order valence-electron chi connectivity index (χ4n) is 2.72. The number of ether oxygens (including phenoxy) is 1. The number of nitrogens with one attached hydrogen (secondary N) is 1. The number of fused-ring (bicyclic) bond motifs is 1. The number of pyridine rings is 1. The topological polar surface area (TPSA) is 55.6 Å². The van der Waals surface area contributed by atoms with Crippen molar-refractivity contribution in [1.82, 2.24) is 14.7 Å². The first-order valence-corrected chi connectivity index (χ1v) is 9.27. The number of aromatic nitrogens is 2. The first kappa shape index (κ1) is 18.7. The molecule has 27 heavy (non-hydrogen) atoms. The first-order chi connectivity index (χ1) is 13.1. The van der Waals surface area contributed by atoms with Crippen LogP contribution in [0.1, 0.15) is 30.2 Å². The van der Waals surface area contributed by atoms with Gasteiger partial charge in [0.1, 0.15) is 11.4 Å². The highest BCUT2D eigenvalue weighted by Gasteiger charge is 2.02. The molecule has 0 saturated carbocycles. The highest BCUT2D eigenvalue weighted by Crippen LogP contribution is 2.13. The van der Waals surface area contributed by atoms with E-state index in [0.29, 0.717) is 19.6 Å². The number of aryl methyl sites for hydroxylation is 1. The summed E-state index contributed by atoms with van der Waals surface area (Å²) in [5.41, 5.74) is 4.04. The number of carbonyl (C=O) groups is 1. The van der Waals surface area contributed by atoms with Crippen molar-refractivity contribution in [2.24, 2.45) is 0 Å². The van der Waals surface area contributed by atoms with E-state index >= 15 is 0 Å². The van der Waals surface area contributed by atoms with E-state index in [1.54, 1.807) is 12.2 Å². The summed E-state index contributed by atoms with van der Waals surface area (Å²) >= 11 is 0. The van der Waals surface area contributed by atoms with Crippen molar-refractivity contribution in [3.63, 3.8) is 0 Å². The molecule has 0 unspecified atom stereocenters. The Balaban J connectivity index is 1.46. The van der Waals surface area contributed by atoms with Gasteiger partial charge in [-0.2, -0.15) is 0 Å². The molecule has 0 aliphatic carbocycles. The fourth-order valence-corrected chi connectivity index (χ4v) is 2.72. The molecule has 0 bridgehead atoms. The molecule has 5 nitrogen and oxygen atoms in total. The summed E-state index contributed by atoms with van der Waals surface area (Å²) in [6.45, 7) is 5.39. The van der Waals surface area contributed by atoms with E-state index in [4.69, 9.17) is 4.74 Å². The second kappa shape index (κ2) is 9.03. The van der Waals surface area contributed by atoms with Gasteiger partial charge in [-0.1, -0.05) is 25.1 Å². The smallest absolute Gasteiger partial charge is 0.244 e. The number of amides is 1. The zero-order valence-corrected chi connectivity index (χ0v) is 15.8. The lowest BCUT2D eigenvalue weighted by molar-refractivity contribution is -0.116. The zero-order valence-electron chi connectivity index (χ0n) is 15.8. The van der Waals surface area contributed by atoms with E-state index in [-0.39, 0.29) is 5.91 Å². The van der Waals surface area contributed by atoms with Crippen LogP contribution in [0, 0.1) is 6.92 Å². The molecule has 2 aromatic heterocycles. The lowest BCUT2D eigenvalue weighted by Gasteiger charge is -2.04. The Bertz CT molecular complexity index is 926. The van der Waals surface area contributed by atoms with Gasteiger partial charge in [0, 0.05) is 31.4 Å². The normalized spacial score (nSPS) is 11.2. The van der Waals surface area contributed by atoms with Crippen LogP contribution in [-0.4, -0.2) is 28.4 Å². The van der Waals surface area contributed by atoms with Crippen LogP contribution in [0.4, 0.5) is 0 Å². The molecule has 0 atom stereocenters. The number of hydrogen-bond acceptors (Lipinski definition) is 3. The number of carbonyl (C=O) groups excluding carboxylic acids is 1. The van der Waals surface area contributed by atoms with Gasteiger partial charge < -0.3 is 14.5 Å². The molecule has 140 valence electrons. The molecular weight excluding hydrogens is 338 g/mol. The maximum Gasteiger partial charge on any atom is 0.244 e. The van der Waals surface area contributed by atoms with Crippen LogP contribution in [0.2, 0.25) is 0 Å². The third kappa shape index (κ3) is 5.45. The average molecular weight is 363 g/mol. The van der Waals surface area contributed by atoms with Crippen LogP contribution in [0.15, 0.2) is 54.9 Å². The lowest BCUT2D eigenvalue weighted by Crippen LogP contribution is -2.23. The monoisotopic (exact) mass is 363 g/mol. The molecule has 1 amide bonds. The summed E-state index contributed by atoms with van der Waals surface area (Å²) in [4.78, 5) is 16.5. The van der Waals surface area contributed by atoms with Crippen LogP contribution in [0.3, 0.4) is 0 Å². The van der Waals surface area contributed by atoms with Crippen LogP contribution >= 0.6 is 0 Å². The van der Waals surface area contributed by atoms with Crippen molar-refractivity contribution in [2.75, 3.05) is 13.2 Å². The molecule has 0 radical (unpaired) electrons. The van der Waals surface area contributed by atoms with E-state index in [2.05, 4.69) is 24.1 Å². The van der Waals surface area contributed by atoms with E-state index < -0.39 is 0 Å². The Morgan fingerprint density at radius 3 is 2.78 bits per heavy atom. The predicted octanol–water partition coefficient (Wildman–Crippen LogP) is 3.80. The third-order valence-corrected chi connectivity index (χ3v) is 4.11. The van der Waals surface area contributed by atoms with Crippen molar-refractivity contribution >= 4 is 17.6 Å². The minimum absolute atomic E-state index is 0.110. The van der Waals surface area contributed by atoms with Gasteiger partial charge in [-0.05, 0) is 48.7 Å². The molecule has 3 rings (SSSR count). The van der Waals surface area contributed by atoms with Gasteiger partial charge in [0.15, 0.2) is 0 Å². The molecule has 0 aliphatic rings. The molecule has 5 heteroatoms. The van der Waals surface area contributed by atoms with Crippen molar-refractivity contribution in [2.45, 2.75) is 26.7 Å². The van der Waals surface area contributed by atoms with Crippen molar-refractivity contribution in [3.05, 3.63) is 71.7 Å². The van der Waals surface area contributed by atoms with Crippen LogP contribution in [0.5, 0.6) is 5.75 Å². The number of benzene rings is 1. The Morgan fingerprint density at radius 2 is 2.00 bits per heavy atom. The van der Waals surface area contributed by atoms with Gasteiger partial charge in [-0.25, -0.2) is 4.98 Å². The van der Waals surface area contributed by atoms with Crippen LogP contribution in [-0.2, 0) is 11.2 Å². The SMILES string of the molecule is CCCOc1ccc(/C=C/C(=O)NCCc2cn3cc(C)ccc3n2)cc1. The van der Waals surface area contributed by atoms with Gasteiger partial charge in [0.25, 0.3) is 0 Å².